The number of carbonyl (C=O) groups excluding carboxylic acids is 1. The lowest BCUT2D eigenvalue weighted by Gasteiger charge is -2.25. The number of benzene rings is 1. The first-order valence-electron chi connectivity index (χ1n) is 9.21. The number of morpholine rings is 1. The van der Waals surface area contributed by atoms with Gasteiger partial charge < -0.3 is 19.4 Å². The van der Waals surface area contributed by atoms with Gasteiger partial charge in [0.25, 0.3) is 5.91 Å². The smallest absolute Gasteiger partial charge is 0.272 e. The van der Waals surface area contributed by atoms with Crippen LogP contribution in [0.5, 0.6) is 5.75 Å². The van der Waals surface area contributed by atoms with Crippen LogP contribution in [0.3, 0.4) is 0 Å². The summed E-state index contributed by atoms with van der Waals surface area (Å²) in [4.78, 5) is 12.9. The number of hydrogen-bond acceptors (Lipinski definition) is 5. The summed E-state index contributed by atoms with van der Waals surface area (Å²) < 4.78 is 39.4. The first kappa shape index (κ1) is 20.4. The number of sulfonamides is 1. The largest absolute Gasteiger partial charge is 0.491 e. The minimum absolute atomic E-state index is 0.0950. The highest BCUT2D eigenvalue weighted by Gasteiger charge is 2.29. The number of nitrogens with zero attached hydrogens (tertiary/aromatic N) is 2. The average molecular weight is 407 g/mol. The summed E-state index contributed by atoms with van der Waals surface area (Å²) in [6.45, 7) is 3.89. The molecule has 1 N–H and O–H groups in total. The van der Waals surface area contributed by atoms with Crippen molar-refractivity contribution < 1.29 is 22.7 Å². The van der Waals surface area contributed by atoms with Crippen LogP contribution in [0.2, 0.25) is 0 Å². The summed E-state index contributed by atoms with van der Waals surface area (Å²) in [7, 11) is -2.02. The molecule has 0 saturated carbocycles. The van der Waals surface area contributed by atoms with Gasteiger partial charge in [0.15, 0.2) is 0 Å². The number of amides is 1. The van der Waals surface area contributed by atoms with Crippen LogP contribution in [0.1, 0.15) is 23.8 Å². The van der Waals surface area contributed by atoms with Gasteiger partial charge in [-0.2, -0.15) is 4.31 Å². The molecule has 1 aromatic carbocycles. The molecule has 1 aromatic heterocycles. The van der Waals surface area contributed by atoms with Crippen molar-refractivity contribution in [1.29, 1.82) is 0 Å². The molecule has 1 amide bonds. The molecule has 1 fully saturated rings. The quantitative estimate of drug-likeness (QED) is 0.759. The van der Waals surface area contributed by atoms with E-state index in [1.165, 1.54) is 21.1 Å². The number of aromatic nitrogens is 1. The molecule has 9 heteroatoms. The standard InChI is InChI=1S/C19H25N3O5S/c1-3-10-27-18-7-5-4-6-16(18)20-19(23)17-13-15(14-21(17)2)28(24,25)22-8-11-26-12-9-22/h4-7,13-14H,3,8-12H2,1-2H3,(H,20,23). The molecule has 28 heavy (non-hydrogen) atoms. The van der Waals surface area contributed by atoms with Gasteiger partial charge in [0.05, 0.1) is 25.5 Å². The van der Waals surface area contributed by atoms with Crippen molar-refractivity contribution in [2.24, 2.45) is 7.05 Å². The Kier molecular flexibility index (Phi) is 6.38. The maximum absolute atomic E-state index is 12.8. The lowest BCUT2D eigenvalue weighted by molar-refractivity contribution is 0.0730. The van der Waals surface area contributed by atoms with Crippen LogP contribution < -0.4 is 10.1 Å². The van der Waals surface area contributed by atoms with E-state index in [2.05, 4.69) is 5.32 Å². The van der Waals surface area contributed by atoms with Gasteiger partial charge in [-0.05, 0) is 24.6 Å². The molecule has 0 unspecified atom stereocenters. The Labute approximate surface area is 165 Å². The Hall–Kier alpha value is -2.36. The third-order valence-corrected chi connectivity index (χ3v) is 6.28. The normalized spacial score (nSPS) is 15.4. The van der Waals surface area contributed by atoms with Gasteiger partial charge in [-0.1, -0.05) is 19.1 Å². The molecule has 8 nitrogen and oxygen atoms in total. The zero-order valence-corrected chi connectivity index (χ0v) is 16.9. The molecule has 0 aliphatic carbocycles. The van der Waals surface area contributed by atoms with Gasteiger partial charge in [0.1, 0.15) is 16.3 Å². The van der Waals surface area contributed by atoms with Crippen molar-refractivity contribution in [3.05, 3.63) is 42.2 Å². The Balaban J connectivity index is 1.80. The summed E-state index contributed by atoms with van der Waals surface area (Å²) in [5.41, 5.74) is 0.789. The lowest BCUT2D eigenvalue weighted by Crippen LogP contribution is -2.40. The van der Waals surface area contributed by atoms with E-state index in [1.54, 1.807) is 25.2 Å². The van der Waals surface area contributed by atoms with E-state index < -0.39 is 15.9 Å². The van der Waals surface area contributed by atoms with Crippen molar-refractivity contribution in [3.63, 3.8) is 0 Å². The van der Waals surface area contributed by atoms with Crippen LogP contribution in [0.15, 0.2) is 41.4 Å². The van der Waals surface area contributed by atoms with E-state index >= 15 is 0 Å². The highest BCUT2D eigenvalue weighted by molar-refractivity contribution is 7.89. The minimum atomic E-state index is -3.66. The molecule has 1 aliphatic heterocycles. The fourth-order valence-corrected chi connectivity index (χ4v) is 4.41. The molecule has 0 radical (unpaired) electrons. The van der Waals surface area contributed by atoms with Gasteiger partial charge in [0.2, 0.25) is 10.0 Å². The summed E-state index contributed by atoms with van der Waals surface area (Å²) in [6, 6.07) is 8.56. The molecule has 152 valence electrons. The van der Waals surface area contributed by atoms with E-state index in [0.717, 1.165) is 6.42 Å². The molecular weight excluding hydrogens is 382 g/mol. The predicted octanol–water partition coefficient (Wildman–Crippen LogP) is 2.09. The maximum Gasteiger partial charge on any atom is 0.272 e. The highest BCUT2D eigenvalue weighted by Crippen LogP contribution is 2.25. The van der Waals surface area contributed by atoms with Crippen LogP contribution in [0, 0.1) is 0 Å². The second kappa shape index (κ2) is 8.76. The van der Waals surface area contributed by atoms with Crippen LogP contribution in [-0.4, -0.2) is 56.1 Å². The van der Waals surface area contributed by atoms with Crippen LogP contribution in [0.4, 0.5) is 5.69 Å². The van der Waals surface area contributed by atoms with E-state index in [0.29, 0.717) is 44.3 Å². The fourth-order valence-electron chi connectivity index (χ4n) is 2.93. The first-order valence-corrected chi connectivity index (χ1v) is 10.6. The van der Waals surface area contributed by atoms with Crippen molar-refractivity contribution >= 4 is 21.6 Å². The van der Waals surface area contributed by atoms with Gasteiger partial charge in [-0.25, -0.2) is 8.42 Å². The molecule has 3 rings (SSSR count). The summed E-state index contributed by atoms with van der Waals surface area (Å²) in [5, 5.41) is 2.81. The zero-order valence-electron chi connectivity index (χ0n) is 16.1. The van der Waals surface area contributed by atoms with E-state index in [4.69, 9.17) is 9.47 Å². The summed E-state index contributed by atoms with van der Waals surface area (Å²) >= 11 is 0. The Morgan fingerprint density at radius 2 is 1.96 bits per heavy atom. The molecule has 1 saturated heterocycles. The fraction of sp³-hybridized carbons (Fsp3) is 0.421. The molecule has 2 heterocycles. The van der Waals surface area contributed by atoms with Gasteiger partial charge in [0, 0.05) is 26.3 Å². The average Bonchev–Trinajstić information content (AvgIpc) is 3.10. The summed E-state index contributed by atoms with van der Waals surface area (Å²) in [6.07, 6.45) is 2.31. The highest BCUT2D eigenvalue weighted by atomic mass is 32.2. The Morgan fingerprint density at radius 1 is 1.25 bits per heavy atom. The Morgan fingerprint density at radius 3 is 2.68 bits per heavy atom. The minimum Gasteiger partial charge on any atom is -0.491 e. The van der Waals surface area contributed by atoms with Crippen molar-refractivity contribution in [3.8, 4) is 5.75 Å². The molecule has 2 aromatic rings. The first-order chi connectivity index (χ1) is 13.4. The third-order valence-electron chi connectivity index (χ3n) is 4.42. The summed E-state index contributed by atoms with van der Waals surface area (Å²) in [5.74, 6) is 0.173. The van der Waals surface area contributed by atoms with E-state index in [1.807, 2.05) is 13.0 Å². The predicted molar refractivity (Wildman–Crippen MR) is 105 cm³/mol. The maximum atomic E-state index is 12.8. The SMILES string of the molecule is CCCOc1ccccc1NC(=O)c1cc(S(=O)(=O)N2CCOCC2)cn1C. The van der Waals surface area contributed by atoms with Crippen LogP contribution in [-0.2, 0) is 21.8 Å². The lowest BCUT2D eigenvalue weighted by atomic mass is 10.2. The molecule has 0 atom stereocenters. The van der Waals surface area contributed by atoms with Crippen molar-refractivity contribution in [2.75, 3.05) is 38.2 Å². The number of aryl methyl sites for hydroxylation is 1. The number of ether oxygens (including phenoxy) is 2. The molecule has 0 bridgehead atoms. The number of nitrogens with one attached hydrogen (secondary N) is 1. The molecule has 0 spiro atoms. The number of carbonyl (C=O) groups is 1. The van der Waals surface area contributed by atoms with Crippen LogP contribution >= 0.6 is 0 Å². The Bertz CT molecular complexity index is 933. The zero-order chi connectivity index (χ0) is 20.1. The number of para-hydroxylation sites is 2. The van der Waals surface area contributed by atoms with Crippen molar-refractivity contribution in [1.82, 2.24) is 8.87 Å². The number of hydrogen-bond donors (Lipinski definition) is 1. The van der Waals surface area contributed by atoms with Gasteiger partial charge in [-0.15, -0.1) is 0 Å². The van der Waals surface area contributed by atoms with Gasteiger partial charge in [-0.3, -0.25) is 4.79 Å². The van der Waals surface area contributed by atoms with Gasteiger partial charge >= 0.3 is 0 Å². The molecule has 1 aliphatic rings. The topological polar surface area (TPSA) is 89.9 Å². The number of rotatable bonds is 7. The molecular formula is C19H25N3O5S. The second-order valence-corrected chi connectivity index (χ2v) is 8.43. The van der Waals surface area contributed by atoms with Crippen LogP contribution in [0.25, 0.3) is 0 Å². The van der Waals surface area contributed by atoms with E-state index in [-0.39, 0.29) is 10.6 Å². The third kappa shape index (κ3) is 4.37. The second-order valence-electron chi connectivity index (χ2n) is 6.49. The monoisotopic (exact) mass is 407 g/mol. The van der Waals surface area contributed by atoms with Crippen molar-refractivity contribution in [2.45, 2.75) is 18.2 Å². The number of anilines is 1. The van der Waals surface area contributed by atoms with E-state index in [9.17, 15) is 13.2 Å².